The van der Waals surface area contributed by atoms with Gasteiger partial charge in [0.15, 0.2) is 0 Å². The topological polar surface area (TPSA) is 15.3 Å². The van der Waals surface area contributed by atoms with Gasteiger partial charge in [-0.3, -0.25) is 0 Å². The van der Waals surface area contributed by atoms with Gasteiger partial charge in [-0.2, -0.15) is 0 Å². The number of nitrogens with zero attached hydrogens (tertiary/aromatic N) is 1. The smallest absolute Gasteiger partial charge is 0.0102 e. The van der Waals surface area contributed by atoms with Crippen molar-refractivity contribution in [3.63, 3.8) is 0 Å². The fraction of sp³-hybridized carbons (Fsp3) is 1.00. The van der Waals surface area contributed by atoms with Gasteiger partial charge in [0.25, 0.3) is 0 Å². The third-order valence-corrected chi connectivity index (χ3v) is 3.48. The van der Waals surface area contributed by atoms with Gasteiger partial charge in [-0.1, -0.05) is 13.8 Å². The summed E-state index contributed by atoms with van der Waals surface area (Å²) < 4.78 is 0. The van der Waals surface area contributed by atoms with E-state index in [4.69, 9.17) is 0 Å². The van der Waals surface area contributed by atoms with E-state index in [1.165, 1.54) is 19.4 Å². The second kappa shape index (κ2) is 5.72. The minimum absolute atomic E-state index is 0.703. The Balaban J connectivity index is 2.18. The van der Waals surface area contributed by atoms with E-state index in [1.807, 2.05) is 0 Å². The van der Waals surface area contributed by atoms with E-state index in [0.29, 0.717) is 6.04 Å². The molecule has 0 bridgehead atoms. The molecule has 14 heavy (non-hydrogen) atoms. The van der Waals surface area contributed by atoms with Crippen molar-refractivity contribution in [1.29, 1.82) is 0 Å². The van der Waals surface area contributed by atoms with Crippen LogP contribution in [0.3, 0.4) is 0 Å². The molecule has 2 heteroatoms. The Morgan fingerprint density at radius 3 is 2.50 bits per heavy atom. The fourth-order valence-corrected chi connectivity index (χ4v) is 1.85. The molecule has 0 heterocycles. The molecule has 0 aliphatic heterocycles. The summed E-state index contributed by atoms with van der Waals surface area (Å²) in [7, 11) is 2.27. The molecule has 2 atom stereocenters. The molecule has 1 fully saturated rings. The van der Waals surface area contributed by atoms with Gasteiger partial charge < -0.3 is 10.2 Å². The molecule has 0 aromatic carbocycles. The molecule has 2 unspecified atom stereocenters. The summed E-state index contributed by atoms with van der Waals surface area (Å²) in [5, 5.41) is 3.43. The van der Waals surface area contributed by atoms with E-state index in [9.17, 15) is 0 Å². The Kier molecular flexibility index (Phi) is 4.90. The van der Waals surface area contributed by atoms with Gasteiger partial charge in [0.2, 0.25) is 0 Å². The van der Waals surface area contributed by atoms with Crippen LogP contribution in [0.2, 0.25) is 0 Å². The zero-order valence-corrected chi connectivity index (χ0v) is 10.2. The number of nitrogens with one attached hydrogen (secondary N) is 1. The zero-order valence-electron chi connectivity index (χ0n) is 10.2. The molecule has 0 aromatic heterocycles. The van der Waals surface area contributed by atoms with Crippen LogP contribution in [0.1, 0.15) is 33.6 Å². The van der Waals surface area contributed by atoms with Crippen molar-refractivity contribution < 1.29 is 0 Å². The van der Waals surface area contributed by atoms with Gasteiger partial charge >= 0.3 is 0 Å². The Morgan fingerprint density at radius 1 is 1.36 bits per heavy atom. The first-order valence-electron chi connectivity index (χ1n) is 6.06. The van der Waals surface area contributed by atoms with E-state index in [-0.39, 0.29) is 0 Å². The normalized spacial score (nSPS) is 21.2. The minimum Gasteiger partial charge on any atom is -0.317 e. The summed E-state index contributed by atoms with van der Waals surface area (Å²) in [6.45, 7) is 10.4. The second-order valence-electron chi connectivity index (χ2n) is 4.91. The molecule has 2 nitrogen and oxygen atoms in total. The summed E-state index contributed by atoms with van der Waals surface area (Å²) in [6, 6.07) is 0.703. The van der Waals surface area contributed by atoms with Crippen LogP contribution in [-0.4, -0.2) is 37.6 Å². The van der Waals surface area contributed by atoms with Gasteiger partial charge in [-0.05, 0) is 51.7 Å². The molecule has 0 saturated heterocycles. The number of rotatable bonds is 7. The summed E-state index contributed by atoms with van der Waals surface area (Å²) in [6.07, 6.45) is 2.91. The van der Waals surface area contributed by atoms with E-state index in [0.717, 1.165) is 24.9 Å². The molecule has 0 spiro atoms. The van der Waals surface area contributed by atoms with Crippen LogP contribution in [0.4, 0.5) is 0 Å². The lowest BCUT2D eigenvalue weighted by molar-refractivity contribution is 0.189. The van der Waals surface area contributed by atoms with Gasteiger partial charge in [0.1, 0.15) is 0 Å². The average molecular weight is 198 g/mol. The minimum atomic E-state index is 0.703. The summed E-state index contributed by atoms with van der Waals surface area (Å²) in [5.74, 6) is 1.76. The van der Waals surface area contributed by atoms with Gasteiger partial charge in [0.05, 0.1) is 0 Å². The van der Waals surface area contributed by atoms with E-state index < -0.39 is 0 Å². The maximum absolute atomic E-state index is 3.43. The van der Waals surface area contributed by atoms with Crippen molar-refractivity contribution in [3.8, 4) is 0 Å². The third-order valence-electron chi connectivity index (χ3n) is 3.48. The Bertz CT molecular complexity index is 154. The summed E-state index contributed by atoms with van der Waals surface area (Å²) >= 11 is 0. The third kappa shape index (κ3) is 3.97. The SMILES string of the molecule is CCNCC(C)C(C)N(C)CC1CC1. The van der Waals surface area contributed by atoms with Gasteiger partial charge in [-0.25, -0.2) is 0 Å². The molecule has 1 N–H and O–H groups in total. The molecule has 1 aliphatic carbocycles. The van der Waals surface area contributed by atoms with Crippen LogP contribution in [0.25, 0.3) is 0 Å². The predicted octanol–water partition coefficient (Wildman–Crippen LogP) is 1.96. The van der Waals surface area contributed by atoms with Crippen LogP contribution in [0.5, 0.6) is 0 Å². The largest absolute Gasteiger partial charge is 0.317 e. The zero-order chi connectivity index (χ0) is 10.6. The molecule has 1 rings (SSSR count). The van der Waals surface area contributed by atoms with Crippen molar-refractivity contribution >= 4 is 0 Å². The first kappa shape index (κ1) is 12.0. The van der Waals surface area contributed by atoms with Crippen molar-refractivity contribution in [2.75, 3.05) is 26.7 Å². The average Bonchev–Trinajstić information content (AvgIpc) is 2.96. The first-order valence-corrected chi connectivity index (χ1v) is 6.06. The van der Waals surface area contributed by atoms with E-state index in [1.54, 1.807) is 0 Å². The van der Waals surface area contributed by atoms with Crippen molar-refractivity contribution in [1.82, 2.24) is 10.2 Å². The Morgan fingerprint density at radius 2 is 2.00 bits per heavy atom. The van der Waals surface area contributed by atoms with Crippen LogP contribution in [-0.2, 0) is 0 Å². The van der Waals surface area contributed by atoms with Crippen molar-refractivity contribution in [2.45, 2.75) is 39.7 Å². The molecule has 0 aromatic rings. The van der Waals surface area contributed by atoms with E-state index >= 15 is 0 Å². The highest BCUT2D eigenvalue weighted by atomic mass is 15.1. The molecule has 0 amide bonds. The number of hydrogen-bond donors (Lipinski definition) is 1. The lowest BCUT2D eigenvalue weighted by Gasteiger charge is -2.30. The van der Waals surface area contributed by atoms with Crippen LogP contribution >= 0.6 is 0 Å². The molecule has 84 valence electrons. The number of hydrogen-bond acceptors (Lipinski definition) is 2. The second-order valence-corrected chi connectivity index (χ2v) is 4.91. The van der Waals surface area contributed by atoms with Crippen molar-refractivity contribution in [2.24, 2.45) is 11.8 Å². The Hall–Kier alpha value is -0.0800. The fourth-order valence-electron chi connectivity index (χ4n) is 1.85. The lowest BCUT2D eigenvalue weighted by Crippen LogP contribution is -2.39. The lowest BCUT2D eigenvalue weighted by atomic mass is 10.0. The maximum atomic E-state index is 3.43. The van der Waals surface area contributed by atoms with Crippen LogP contribution in [0.15, 0.2) is 0 Å². The van der Waals surface area contributed by atoms with Crippen molar-refractivity contribution in [3.05, 3.63) is 0 Å². The van der Waals surface area contributed by atoms with E-state index in [2.05, 4.69) is 38.0 Å². The van der Waals surface area contributed by atoms with Crippen LogP contribution < -0.4 is 5.32 Å². The van der Waals surface area contributed by atoms with Crippen LogP contribution in [0, 0.1) is 11.8 Å². The highest BCUT2D eigenvalue weighted by molar-refractivity contribution is 4.80. The molecule has 1 aliphatic rings. The summed E-state index contributed by atoms with van der Waals surface area (Å²) in [4.78, 5) is 2.53. The molecular formula is C12H26N2. The predicted molar refractivity (Wildman–Crippen MR) is 62.5 cm³/mol. The highest BCUT2D eigenvalue weighted by Crippen LogP contribution is 2.30. The monoisotopic (exact) mass is 198 g/mol. The summed E-state index contributed by atoms with van der Waals surface area (Å²) in [5.41, 5.74) is 0. The molecule has 1 saturated carbocycles. The first-order chi connectivity index (χ1) is 6.65. The Labute approximate surface area is 89.1 Å². The highest BCUT2D eigenvalue weighted by Gasteiger charge is 2.26. The molecule has 0 radical (unpaired) electrons. The van der Waals surface area contributed by atoms with Gasteiger partial charge in [0, 0.05) is 12.6 Å². The quantitative estimate of drug-likeness (QED) is 0.673. The standard InChI is InChI=1S/C12H26N2/c1-5-13-8-10(2)11(3)14(4)9-12-6-7-12/h10-13H,5-9H2,1-4H3. The van der Waals surface area contributed by atoms with Gasteiger partial charge in [-0.15, -0.1) is 0 Å². The maximum Gasteiger partial charge on any atom is 0.0102 e. The molecular weight excluding hydrogens is 172 g/mol.